The SMILES string of the molecule is OB(O)c1ccc2c(-c3ccc4ccccc4c3)c3ccccc3c(-c3ccccc3)c2c1. The minimum absolute atomic E-state index is 0.486. The molecular weight excluding hydrogens is 403 g/mol. The fraction of sp³-hybridized carbons (Fsp3) is 0. The first-order chi connectivity index (χ1) is 16.2. The van der Waals surface area contributed by atoms with Gasteiger partial charge in [0.1, 0.15) is 0 Å². The first-order valence-electron chi connectivity index (χ1n) is 11.1. The Balaban J connectivity index is 1.79. The van der Waals surface area contributed by atoms with Gasteiger partial charge in [-0.15, -0.1) is 0 Å². The number of rotatable bonds is 3. The van der Waals surface area contributed by atoms with Crippen LogP contribution in [0.3, 0.4) is 0 Å². The molecule has 6 aromatic carbocycles. The van der Waals surface area contributed by atoms with Gasteiger partial charge in [-0.25, -0.2) is 0 Å². The summed E-state index contributed by atoms with van der Waals surface area (Å²) in [6.45, 7) is 0. The number of benzene rings is 6. The molecule has 0 bridgehead atoms. The maximum Gasteiger partial charge on any atom is 0.488 e. The fourth-order valence-electron chi connectivity index (χ4n) is 4.93. The van der Waals surface area contributed by atoms with Crippen molar-refractivity contribution in [3.05, 3.63) is 115 Å². The molecule has 0 fully saturated rings. The molecule has 156 valence electrons. The maximum atomic E-state index is 9.92. The molecule has 2 N–H and O–H groups in total. The topological polar surface area (TPSA) is 40.5 Å². The Hall–Kier alpha value is -3.92. The smallest absolute Gasteiger partial charge is 0.423 e. The van der Waals surface area contributed by atoms with Crippen molar-refractivity contribution in [2.75, 3.05) is 0 Å². The third-order valence-corrected chi connectivity index (χ3v) is 6.45. The molecule has 0 aliphatic carbocycles. The van der Waals surface area contributed by atoms with Gasteiger partial charge in [-0.1, -0.05) is 109 Å². The summed E-state index contributed by atoms with van der Waals surface area (Å²) < 4.78 is 0. The standard InChI is InChI=1S/C30H21BO2/c32-31(33)24-16-17-27-28(19-24)29(21-9-2-1-3-10-21)25-12-6-7-13-26(25)30(27)23-15-14-20-8-4-5-11-22(20)18-23/h1-19,32-33H. The molecule has 6 aromatic rings. The highest BCUT2D eigenvalue weighted by molar-refractivity contribution is 6.59. The second-order valence-corrected chi connectivity index (χ2v) is 8.40. The monoisotopic (exact) mass is 424 g/mol. The molecule has 0 radical (unpaired) electrons. The van der Waals surface area contributed by atoms with Crippen LogP contribution in [0.25, 0.3) is 54.6 Å². The van der Waals surface area contributed by atoms with Crippen LogP contribution in [0.4, 0.5) is 0 Å². The average molecular weight is 424 g/mol. The highest BCUT2D eigenvalue weighted by atomic mass is 16.4. The van der Waals surface area contributed by atoms with Gasteiger partial charge in [-0.05, 0) is 66.1 Å². The van der Waals surface area contributed by atoms with Crippen molar-refractivity contribution in [3.63, 3.8) is 0 Å². The molecule has 0 saturated carbocycles. The van der Waals surface area contributed by atoms with Crippen LogP contribution in [0.15, 0.2) is 115 Å². The van der Waals surface area contributed by atoms with Gasteiger partial charge in [0.25, 0.3) is 0 Å². The van der Waals surface area contributed by atoms with Crippen molar-refractivity contribution >= 4 is 44.9 Å². The van der Waals surface area contributed by atoms with Gasteiger partial charge < -0.3 is 10.0 Å². The second-order valence-electron chi connectivity index (χ2n) is 8.40. The van der Waals surface area contributed by atoms with Gasteiger partial charge in [0.2, 0.25) is 0 Å². The quantitative estimate of drug-likeness (QED) is 0.264. The molecule has 0 amide bonds. The molecule has 0 atom stereocenters. The van der Waals surface area contributed by atoms with Crippen LogP contribution in [0.5, 0.6) is 0 Å². The fourth-order valence-corrected chi connectivity index (χ4v) is 4.93. The molecule has 0 heterocycles. The third-order valence-electron chi connectivity index (χ3n) is 6.45. The molecule has 0 unspecified atom stereocenters. The van der Waals surface area contributed by atoms with E-state index in [-0.39, 0.29) is 0 Å². The predicted octanol–water partition coefficient (Wildman–Crippen LogP) is 6.16. The zero-order valence-corrected chi connectivity index (χ0v) is 17.9. The molecule has 33 heavy (non-hydrogen) atoms. The largest absolute Gasteiger partial charge is 0.488 e. The van der Waals surface area contributed by atoms with Crippen LogP contribution in [0.2, 0.25) is 0 Å². The van der Waals surface area contributed by atoms with E-state index in [0.717, 1.165) is 38.4 Å². The van der Waals surface area contributed by atoms with E-state index >= 15 is 0 Å². The Bertz CT molecular complexity index is 1640. The van der Waals surface area contributed by atoms with Crippen molar-refractivity contribution in [1.29, 1.82) is 0 Å². The van der Waals surface area contributed by atoms with Crippen molar-refractivity contribution in [2.24, 2.45) is 0 Å². The Morgan fingerprint density at radius 3 is 1.76 bits per heavy atom. The summed E-state index contributed by atoms with van der Waals surface area (Å²) in [5.74, 6) is 0. The molecule has 3 heteroatoms. The Morgan fingerprint density at radius 2 is 1.03 bits per heavy atom. The van der Waals surface area contributed by atoms with E-state index in [4.69, 9.17) is 0 Å². The van der Waals surface area contributed by atoms with Crippen molar-refractivity contribution in [2.45, 2.75) is 0 Å². The van der Waals surface area contributed by atoms with E-state index in [9.17, 15) is 10.0 Å². The summed E-state index contributed by atoms with van der Waals surface area (Å²) in [4.78, 5) is 0. The lowest BCUT2D eigenvalue weighted by molar-refractivity contribution is 0.426. The van der Waals surface area contributed by atoms with Crippen LogP contribution in [-0.4, -0.2) is 17.2 Å². The Morgan fingerprint density at radius 1 is 0.424 bits per heavy atom. The van der Waals surface area contributed by atoms with E-state index in [1.165, 1.54) is 16.2 Å². The molecule has 0 aliphatic rings. The number of hydrogen-bond donors (Lipinski definition) is 2. The zero-order chi connectivity index (χ0) is 22.4. The summed E-state index contributed by atoms with van der Waals surface area (Å²) in [7, 11) is -1.52. The van der Waals surface area contributed by atoms with Crippen LogP contribution in [0, 0.1) is 0 Å². The van der Waals surface area contributed by atoms with Crippen LogP contribution in [-0.2, 0) is 0 Å². The van der Waals surface area contributed by atoms with Gasteiger partial charge in [0, 0.05) is 0 Å². The Kier molecular flexibility index (Phi) is 4.72. The van der Waals surface area contributed by atoms with E-state index < -0.39 is 7.12 Å². The molecular formula is C30H21BO2. The highest BCUT2D eigenvalue weighted by Gasteiger charge is 2.19. The van der Waals surface area contributed by atoms with E-state index in [2.05, 4.69) is 78.9 Å². The first kappa shape index (κ1) is 19.7. The van der Waals surface area contributed by atoms with Crippen molar-refractivity contribution < 1.29 is 10.0 Å². The summed E-state index contributed by atoms with van der Waals surface area (Å²) in [6.07, 6.45) is 0. The van der Waals surface area contributed by atoms with Crippen LogP contribution < -0.4 is 5.46 Å². The van der Waals surface area contributed by atoms with Gasteiger partial charge in [0.15, 0.2) is 0 Å². The lowest BCUT2D eigenvalue weighted by Crippen LogP contribution is -2.29. The van der Waals surface area contributed by atoms with Gasteiger partial charge in [-0.3, -0.25) is 0 Å². The summed E-state index contributed by atoms with van der Waals surface area (Å²) in [5.41, 5.74) is 5.00. The van der Waals surface area contributed by atoms with E-state index in [0.29, 0.717) is 5.46 Å². The molecule has 0 aliphatic heterocycles. The van der Waals surface area contributed by atoms with E-state index in [1.54, 1.807) is 6.07 Å². The minimum atomic E-state index is -1.52. The lowest BCUT2D eigenvalue weighted by atomic mass is 9.77. The van der Waals surface area contributed by atoms with Crippen LogP contribution >= 0.6 is 0 Å². The summed E-state index contributed by atoms with van der Waals surface area (Å²) in [6, 6.07) is 39.5. The predicted molar refractivity (Wildman–Crippen MR) is 140 cm³/mol. The molecule has 6 rings (SSSR count). The lowest BCUT2D eigenvalue weighted by Gasteiger charge is -2.19. The third kappa shape index (κ3) is 3.30. The van der Waals surface area contributed by atoms with Crippen molar-refractivity contribution in [3.8, 4) is 22.3 Å². The normalized spacial score (nSPS) is 11.3. The first-order valence-corrected chi connectivity index (χ1v) is 11.1. The second kappa shape index (κ2) is 7.89. The zero-order valence-electron chi connectivity index (χ0n) is 17.9. The maximum absolute atomic E-state index is 9.92. The molecule has 0 aromatic heterocycles. The molecule has 0 spiro atoms. The molecule has 2 nitrogen and oxygen atoms in total. The summed E-state index contributed by atoms with van der Waals surface area (Å²) in [5, 5.41) is 26.7. The molecule has 0 saturated heterocycles. The minimum Gasteiger partial charge on any atom is -0.423 e. The number of hydrogen-bond acceptors (Lipinski definition) is 2. The van der Waals surface area contributed by atoms with Gasteiger partial charge in [-0.2, -0.15) is 0 Å². The number of fused-ring (bicyclic) bond motifs is 3. The highest BCUT2D eigenvalue weighted by Crippen LogP contribution is 2.43. The van der Waals surface area contributed by atoms with Gasteiger partial charge in [0.05, 0.1) is 0 Å². The van der Waals surface area contributed by atoms with E-state index in [1.807, 2.05) is 30.3 Å². The van der Waals surface area contributed by atoms with Gasteiger partial charge >= 0.3 is 7.12 Å². The van der Waals surface area contributed by atoms with Crippen molar-refractivity contribution in [1.82, 2.24) is 0 Å². The summed E-state index contributed by atoms with van der Waals surface area (Å²) >= 11 is 0. The average Bonchev–Trinajstić information content (AvgIpc) is 2.87. The Labute approximate surface area is 192 Å². The van der Waals surface area contributed by atoms with Crippen LogP contribution in [0.1, 0.15) is 0 Å².